The number of carbonyl (C=O) groups is 12. The number of aryl methyl sites for hydroxylation is 2. The van der Waals surface area contributed by atoms with E-state index in [1.807, 2.05) is 41.5 Å². The zero-order chi connectivity index (χ0) is 60.9. The van der Waals surface area contributed by atoms with E-state index in [0.29, 0.717) is 56.3 Å². The number of hydrogen-bond donors (Lipinski definition) is 4. The molecular formula is C56H93N11O12. The maximum atomic E-state index is 12.3. The summed E-state index contributed by atoms with van der Waals surface area (Å²) >= 11 is 0. The number of Topliss-reactive ketones (excluding diaryl/α,β-unsaturated/α-hetero) is 7. The number of nitrogens with zero attached hydrogens (tertiary/aromatic N) is 7. The van der Waals surface area contributed by atoms with Crippen molar-refractivity contribution in [3.05, 3.63) is 23.8 Å². The Bertz CT molecular complexity index is 2350. The van der Waals surface area contributed by atoms with E-state index < -0.39 is 24.2 Å². The highest BCUT2D eigenvalue weighted by atomic mass is 16.2. The topological polar surface area (TPSA) is 318 Å². The van der Waals surface area contributed by atoms with Crippen LogP contribution in [-0.2, 0) is 83.5 Å². The molecule has 0 aromatic carbocycles. The van der Waals surface area contributed by atoms with Gasteiger partial charge in [-0.25, -0.2) is 9.36 Å². The fraction of sp³-hybridized carbons (Fsp3) is 0.714. The maximum Gasteiger partial charge on any atom is 0.240 e. The van der Waals surface area contributed by atoms with E-state index in [9.17, 15) is 57.5 Å². The zero-order valence-corrected chi connectivity index (χ0v) is 50.2. The fourth-order valence-electron chi connectivity index (χ4n) is 7.37. The van der Waals surface area contributed by atoms with Crippen LogP contribution in [0, 0.1) is 35.5 Å². The molecule has 2 aromatic heterocycles. The number of carbonyl (C=O) groups excluding carboxylic acids is 12. The lowest BCUT2D eigenvalue weighted by atomic mass is 10.0. The highest BCUT2D eigenvalue weighted by Gasteiger charge is 2.25. The van der Waals surface area contributed by atoms with Crippen molar-refractivity contribution in [1.82, 2.24) is 56.2 Å². The Morgan fingerprint density at radius 2 is 0.861 bits per heavy atom. The first-order valence-corrected chi connectivity index (χ1v) is 27.6. The molecule has 23 nitrogen and oxygen atoms in total. The van der Waals surface area contributed by atoms with Crippen LogP contribution in [0.25, 0.3) is 0 Å². The molecule has 0 bridgehead atoms. The van der Waals surface area contributed by atoms with Gasteiger partial charge in [0.15, 0.2) is 28.9 Å². The van der Waals surface area contributed by atoms with Crippen LogP contribution in [0.4, 0.5) is 0 Å². The third-order valence-corrected chi connectivity index (χ3v) is 12.3. The van der Waals surface area contributed by atoms with Gasteiger partial charge < -0.3 is 26.2 Å². The van der Waals surface area contributed by atoms with E-state index >= 15 is 0 Å². The van der Waals surface area contributed by atoms with E-state index in [2.05, 4.69) is 41.9 Å². The largest absolute Gasteiger partial charge is 0.347 e. The molecule has 0 saturated carbocycles. The average Bonchev–Trinajstić information content (AvgIpc) is 4.02. The van der Waals surface area contributed by atoms with E-state index in [1.165, 1.54) is 28.2 Å². The van der Waals surface area contributed by atoms with Gasteiger partial charge in [-0.3, -0.25) is 57.5 Å². The summed E-state index contributed by atoms with van der Waals surface area (Å²) in [7, 11) is 1.52. The second-order valence-corrected chi connectivity index (χ2v) is 21.9. The van der Waals surface area contributed by atoms with Gasteiger partial charge in [-0.15, -0.1) is 10.2 Å². The molecule has 0 aliphatic heterocycles. The van der Waals surface area contributed by atoms with E-state index in [-0.39, 0.29) is 144 Å². The molecule has 0 aliphatic rings. The molecule has 23 heteroatoms. The Morgan fingerprint density at radius 1 is 0.468 bits per heavy atom. The van der Waals surface area contributed by atoms with Crippen LogP contribution in [-0.4, -0.2) is 143 Å². The Balaban J connectivity index is 0.00000116. The van der Waals surface area contributed by atoms with Gasteiger partial charge >= 0.3 is 0 Å². The lowest BCUT2D eigenvalue weighted by Crippen LogP contribution is -2.45. The van der Waals surface area contributed by atoms with Crippen LogP contribution < -0.4 is 21.3 Å². The van der Waals surface area contributed by atoms with E-state index in [1.54, 1.807) is 74.7 Å². The Morgan fingerprint density at radius 3 is 1.27 bits per heavy atom. The molecule has 0 aliphatic carbocycles. The van der Waals surface area contributed by atoms with E-state index in [4.69, 9.17) is 0 Å². The van der Waals surface area contributed by atoms with Gasteiger partial charge in [0.2, 0.25) is 29.5 Å². The van der Waals surface area contributed by atoms with Crippen molar-refractivity contribution in [2.24, 2.45) is 35.5 Å². The summed E-state index contributed by atoms with van der Waals surface area (Å²) < 4.78 is 2.97. The van der Waals surface area contributed by atoms with Crippen LogP contribution in [0.3, 0.4) is 0 Å². The van der Waals surface area contributed by atoms with Gasteiger partial charge in [0.25, 0.3) is 0 Å². The molecule has 0 spiro atoms. The fourth-order valence-corrected chi connectivity index (χ4v) is 7.37. The van der Waals surface area contributed by atoms with Gasteiger partial charge in [0, 0.05) is 113 Å². The number of amides is 5. The first-order chi connectivity index (χ1) is 36.7. The van der Waals surface area contributed by atoms with Crippen molar-refractivity contribution < 1.29 is 57.5 Å². The summed E-state index contributed by atoms with van der Waals surface area (Å²) in [6.07, 6.45) is 6.73. The van der Waals surface area contributed by atoms with Crippen LogP contribution in [0.1, 0.15) is 174 Å². The molecule has 2 aromatic rings. The second-order valence-electron chi connectivity index (χ2n) is 21.9. The molecule has 2 heterocycles. The predicted molar refractivity (Wildman–Crippen MR) is 297 cm³/mol. The van der Waals surface area contributed by atoms with Gasteiger partial charge in [0.1, 0.15) is 24.2 Å². The second kappa shape index (κ2) is 37.2. The summed E-state index contributed by atoms with van der Waals surface area (Å²) in [5, 5.41) is 26.4. The minimum Gasteiger partial charge on any atom is -0.347 e. The molecule has 4 N–H and O–H groups in total. The first kappa shape index (κ1) is 72.3. The molecule has 0 saturated heterocycles. The van der Waals surface area contributed by atoms with Gasteiger partial charge in [-0.1, -0.05) is 93.5 Å². The SMILES string of the molecule is CC(=O)N[C@H](Cn1cc(CCC(=O)N[C@@H](C)C(=O)C(C)C)nn1)C(=O)C(C)C.CC(C)C(=O)CCCC(=O)CCCC(=O)N(C)CC(=O)NC(C)C(=O)C(C)C.CC(C)C(=O)Cn1cc(CCC(=O)NC(C)C(=O)C(C)C)nn1. The van der Waals surface area contributed by atoms with Crippen LogP contribution in [0.15, 0.2) is 12.4 Å². The monoisotopic (exact) mass is 1110 g/mol. The molecule has 79 heavy (non-hydrogen) atoms. The molecule has 0 radical (unpaired) electrons. The summed E-state index contributed by atoms with van der Waals surface area (Å²) in [6.45, 7) is 28.2. The highest BCUT2D eigenvalue weighted by Crippen LogP contribution is 2.10. The minimum atomic E-state index is -0.682. The number of ketones is 7. The van der Waals surface area contributed by atoms with Crippen LogP contribution in [0.5, 0.6) is 0 Å². The number of nitrogens with one attached hydrogen (secondary N) is 4. The lowest BCUT2D eigenvalue weighted by molar-refractivity contribution is -0.136. The normalized spacial score (nSPS) is 12.6. The summed E-state index contributed by atoms with van der Waals surface area (Å²) in [5.41, 5.74) is 1.25. The molecule has 2 unspecified atom stereocenters. The summed E-state index contributed by atoms with van der Waals surface area (Å²) in [6, 6.07) is -2.28. The van der Waals surface area contributed by atoms with Crippen LogP contribution >= 0.6 is 0 Å². The Kier molecular flexibility index (Phi) is 34.1. The maximum absolute atomic E-state index is 12.3. The Hall–Kier alpha value is -6.68. The molecule has 0 fully saturated rings. The van der Waals surface area contributed by atoms with Crippen LogP contribution in [0.2, 0.25) is 0 Å². The Labute approximate surface area is 467 Å². The van der Waals surface area contributed by atoms with Crippen molar-refractivity contribution >= 4 is 70.0 Å². The minimum absolute atomic E-state index is 0.00746. The summed E-state index contributed by atoms with van der Waals surface area (Å²) in [4.78, 5) is 143. The number of hydrogen-bond acceptors (Lipinski definition) is 16. The number of aromatic nitrogens is 6. The smallest absolute Gasteiger partial charge is 0.240 e. The average molecular weight is 1110 g/mol. The van der Waals surface area contributed by atoms with E-state index in [0.717, 1.165) is 0 Å². The predicted octanol–water partition coefficient (Wildman–Crippen LogP) is 4.15. The highest BCUT2D eigenvalue weighted by molar-refractivity contribution is 5.93. The van der Waals surface area contributed by atoms with Crippen molar-refractivity contribution in [2.45, 2.75) is 212 Å². The van der Waals surface area contributed by atoms with Gasteiger partial charge in [-0.05, 0) is 33.6 Å². The molecular weight excluding hydrogens is 1020 g/mol. The zero-order valence-electron chi connectivity index (χ0n) is 50.2. The number of likely N-dealkylation sites (N-methyl/N-ethyl adjacent to an activating group) is 1. The molecule has 5 amide bonds. The quantitative estimate of drug-likeness (QED) is 0.0765. The van der Waals surface area contributed by atoms with Crippen molar-refractivity contribution in [3.8, 4) is 0 Å². The summed E-state index contributed by atoms with van der Waals surface area (Å²) in [5.74, 6) is -1.88. The van der Waals surface area contributed by atoms with Gasteiger partial charge in [-0.2, -0.15) is 0 Å². The van der Waals surface area contributed by atoms with Crippen molar-refractivity contribution in [3.63, 3.8) is 0 Å². The standard InChI is InChI=1S/C21H36N2O5.C19H31N5O4.C16H26N4O3/c1-14(2)18(25)11-7-9-17(24)10-8-12-20(27)23(6)13-19(26)22-16(5)21(28)15(3)4;1-11(2)18(27)13(5)20-17(26)8-7-15-9-24(23-22-15)10-16(21-14(6)25)19(28)12(3)4;1-10(2)14(21)9-20-8-13(18-19-20)6-7-15(22)17-12(5)16(23)11(3)4/h14-16H,7-13H2,1-6H3,(H,22,26);9,11-13,16H,7-8,10H2,1-6H3,(H,20,26)(H,21,25);8,10-12H,6-7,9H2,1-5H3,(H,17,22)/t;13-,16+;/m.0./s1. The molecule has 4 atom stereocenters. The van der Waals surface area contributed by atoms with Crippen molar-refractivity contribution in [2.75, 3.05) is 13.6 Å². The van der Waals surface area contributed by atoms with Crippen molar-refractivity contribution in [1.29, 1.82) is 0 Å². The first-order valence-electron chi connectivity index (χ1n) is 27.6. The third-order valence-electron chi connectivity index (χ3n) is 12.3. The molecule has 444 valence electrons. The molecule has 2 rings (SSSR count). The van der Waals surface area contributed by atoms with Gasteiger partial charge in [0.05, 0.1) is 42.6 Å². The third kappa shape index (κ3) is 30.9. The lowest BCUT2D eigenvalue weighted by Gasteiger charge is -2.19. The number of rotatable bonds is 34.